The average molecular weight is 640 g/mol. The van der Waals surface area contributed by atoms with Crippen LogP contribution < -0.4 is 5.32 Å². The average Bonchev–Trinajstić information content (AvgIpc) is 3.39. The van der Waals surface area contributed by atoms with Crippen LogP contribution in [0.1, 0.15) is 221 Å². The minimum absolute atomic E-state index is 0.637. The molecule has 0 heterocycles. The smallest absolute Gasteiger partial charge is 0.00701 e. The van der Waals surface area contributed by atoms with Gasteiger partial charge in [-0.15, -0.1) is 0 Å². The lowest BCUT2D eigenvalue weighted by Crippen LogP contribution is -2.55. The van der Waals surface area contributed by atoms with E-state index in [1.54, 1.807) is 32.1 Å². The summed E-state index contributed by atoms with van der Waals surface area (Å²) in [6, 6.07) is 0.808. The van der Waals surface area contributed by atoms with Gasteiger partial charge >= 0.3 is 0 Å². The number of hydrogen-bond acceptors (Lipinski definition) is 1. The van der Waals surface area contributed by atoms with Gasteiger partial charge in [-0.2, -0.15) is 0 Å². The fourth-order valence-electron chi connectivity index (χ4n) is 12.4. The summed E-state index contributed by atoms with van der Waals surface area (Å²) in [6.07, 6.45) is 41.5. The van der Waals surface area contributed by atoms with Crippen molar-refractivity contribution in [2.75, 3.05) is 6.54 Å². The summed E-state index contributed by atoms with van der Waals surface area (Å²) in [7, 11) is 0. The van der Waals surface area contributed by atoms with Crippen molar-refractivity contribution in [2.24, 2.45) is 52.3 Å². The zero-order valence-electron chi connectivity index (χ0n) is 32.6. The normalized spacial score (nSPS) is 34.8. The highest BCUT2D eigenvalue weighted by molar-refractivity contribution is 5.10. The van der Waals surface area contributed by atoms with Crippen molar-refractivity contribution >= 4 is 0 Å². The number of nitrogens with one attached hydrogen (secondary N) is 1. The maximum absolute atomic E-state index is 4.08. The lowest BCUT2D eigenvalue weighted by molar-refractivity contribution is -0.118. The van der Waals surface area contributed by atoms with Crippen LogP contribution in [0.2, 0.25) is 0 Å². The van der Waals surface area contributed by atoms with Gasteiger partial charge in [0.1, 0.15) is 0 Å². The Labute approximate surface area is 290 Å². The zero-order valence-corrected chi connectivity index (χ0v) is 32.6. The molecule has 9 unspecified atom stereocenters. The highest BCUT2D eigenvalue weighted by atomic mass is 14.9. The number of hydrogen-bond donors (Lipinski definition) is 1. The summed E-state index contributed by atoms with van der Waals surface area (Å²) in [6.45, 7) is 16.6. The van der Waals surface area contributed by atoms with E-state index in [9.17, 15) is 0 Å². The van der Waals surface area contributed by atoms with Gasteiger partial charge in [-0.1, -0.05) is 157 Å². The lowest BCUT2D eigenvalue weighted by atomic mass is 9.44. The largest absolute Gasteiger partial charge is 0.314 e. The Morgan fingerprint density at radius 2 is 1.13 bits per heavy atom. The zero-order chi connectivity index (χ0) is 32.8. The standard InChI is InChI=1S/C45H85N/c1-7-8-9-10-11-12-13-14-15-16-17-18-19-20-21-22-34-46-39-30-32-44(5)38(35-39)26-27-40-42-29-28-41(37(4)25-23-24-36(2)3)45(42,6)33-31-43(40)44/h36-43,46H,7-35H2,1-6H3. The second-order valence-corrected chi connectivity index (χ2v) is 18.9. The van der Waals surface area contributed by atoms with Crippen molar-refractivity contribution in [3.05, 3.63) is 0 Å². The van der Waals surface area contributed by atoms with Crippen LogP contribution in [-0.4, -0.2) is 12.6 Å². The molecular weight excluding hydrogens is 555 g/mol. The molecule has 0 radical (unpaired) electrons. The Bertz CT molecular complexity index is 803. The van der Waals surface area contributed by atoms with Crippen molar-refractivity contribution in [1.29, 1.82) is 0 Å². The molecule has 0 bridgehead atoms. The Balaban J connectivity index is 1.05. The third-order valence-corrected chi connectivity index (χ3v) is 15.3. The van der Waals surface area contributed by atoms with E-state index in [4.69, 9.17) is 0 Å². The number of rotatable bonds is 23. The molecule has 46 heavy (non-hydrogen) atoms. The quantitative estimate of drug-likeness (QED) is 0.110. The second kappa shape index (κ2) is 20.0. The molecule has 0 spiro atoms. The fraction of sp³-hybridized carbons (Fsp3) is 1.00. The fourth-order valence-corrected chi connectivity index (χ4v) is 12.4. The molecule has 1 N–H and O–H groups in total. The highest BCUT2D eigenvalue weighted by Crippen LogP contribution is 2.68. The van der Waals surface area contributed by atoms with Gasteiger partial charge in [0.05, 0.1) is 0 Å². The minimum atomic E-state index is 0.637. The maximum atomic E-state index is 4.08. The molecule has 4 fully saturated rings. The SMILES string of the molecule is CCCCCCCCCCCCCCCCCCNC1CCC2(C)C(CCC3C2CCC2(C)C(C(C)CCCC(C)C)CCC32)C1. The van der Waals surface area contributed by atoms with E-state index in [-0.39, 0.29) is 0 Å². The summed E-state index contributed by atoms with van der Waals surface area (Å²) in [5.74, 6) is 6.90. The molecule has 270 valence electrons. The molecule has 4 aliphatic carbocycles. The van der Waals surface area contributed by atoms with Gasteiger partial charge < -0.3 is 5.32 Å². The van der Waals surface area contributed by atoms with E-state index in [1.165, 1.54) is 154 Å². The summed E-state index contributed by atoms with van der Waals surface area (Å²) in [4.78, 5) is 0. The summed E-state index contributed by atoms with van der Waals surface area (Å²) in [5, 5.41) is 4.08. The molecule has 1 heteroatoms. The first-order valence-corrected chi connectivity index (χ1v) is 22.0. The van der Waals surface area contributed by atoms with Gasteiger partial charge in [-0.3, -0.25) is 0 Å². The van der Waals surface area contributed by atoms with Crippen molar-refractivity contribution < 1.29 is 0 Å². The van der Waals surface area contributed by atoms with Gasteiger partial charge in [0, 0.05) is 6.04 Å². The van der Waals surface area contributed by atoms with Crippen LogP contribution in [0.15, 0.2) is 0 Å². The third kappa shape index (κ3) is 10.7. The van der Waals surface area contributed by atoms with Crippen molar-refractivity contribution in [2.45, 2.75) is 227 Å². The third-order valence-electron chi connectivity index (χ3n) is 15.3. The summed E-state index contributed by atoms with van der Waals surface area (Å²) < 4.78 is 0. The Morgan fingerprint density at radius 1 is 0.565 bits per heavy atom. The van der Waals surface area contributed by atoms with Crippen molar-refractivity contribution in [3.8, 4) is 0 Å². The molecule has 0 aromatic heterocycles. The first-order chi connectivity index (χ1) is 22.3. The molecule has 4 saturated carbocycles. The van der Waals surface area contributed by atoms with Crippen LogP contribution >= 0.6 is 0 Å². The van der Waals surface area contributed by atoms with Crippen LogP contribution in [0.3, 0.4) is 0 Å². The molecule has 0 saturated heterocycles. The Morgan fingerprint density at radius 3 is 1.74 bits per heavy atom. The van der Waals surface area contributed by atoms with Gasteiger partial charge in [0.25, 0.3) is 0 Å². The van der Waals surface area contributed by atoms with Gasteiger partial charge in [-0.05, 0) is 123 Å². The predicted molar refractivity (Wildman–Crippen MR) is 204 cm³/mol. The van der Waals surface area contributed by atoms with E-state index in [2.05, 4.69) is 46.9 Å². The van der Waals surface area contributed by atoms with Crippen LogP contribution in [-0.2, 0) is 0 Å². The van der Waals surface area contributed by atoms with Crippen molar-refractivity contribution in [3.63, 3.8) is 0 Å². The number of unbranched alkanes of at least 4 members (excludes halogenated alkanes) is 15. The van der Waals surface area contributed by atoms with Crippen molar-refractivity contribution in [1.82, 2.24) is 5.32 Å². The van der Waals surface area contributed by atoms with Gasteiger partial charge in [-0.25, -0.2) is 0 Å². The Hall–Kier alpha value is -0.0400. The molecule has 9 atom stereocenters. The van der Waals surface area contributed by atoms with Crippen LogP contribution in [0.5, 0.6) is 0 Å². The van der Waals surface area contributed by atoms with E-state index in [1.807, 2.05) is 0 Å². The molecule has 4 rings (SSSR count). The van der Waals surface area contributed by atoms with E-state index in [0.717, 1.165) is 47.5 Å². The van der Waals surface area contributed by atoms with E-state index >= 15 is 0 Å². The monoisotopic (exact) mass is 640 g/mol. The summed E-state index contributed by atoms with van der Waals surface area (Å²) >= 11 is 0. The van der Waals surface area contributed by atoms with Crippen LogP contribution in [0, 0.1) is 52.3 Å². The van der Waals surface area contributed by atoms with Gasteiger partial charge in [0.2, 0.25) is 0 Å². The molecular formula is C45H85N. The molecule has 0 aromatic rings. The highest BCUT2D eigenvalue weighted by Gasteiger charge is 2.60. The molecule has 1 nitrogen and oxygen atoms in total. The predicted octanol–water partition coefficient (Wildman–Crippen LogP) is 14.3. The van der Waals surface area contributed by atoms with Gasteiger partial charge in [0.15, 0.2) is 0 Å². The second-order valence-electron chi connectivity index (χ2n) is 18.9. The van der Waals surface area contributed by atoms with E-state index < -0.39 is 0 Å². The van der Waals surface area contributed by atoms with Crippen LogP contribution in [0.4, 0.5) is 0 Å². The maximum Gasteiger partial charge on any atom is 0.00701 e. The first kappa shape index (κ1) is 38.8. The minimum Gasteiger partial charge on any atom is -0.314 e. The molecule has 0 amide bonds. The van der Waals surface area contributed by atoms with Crippen LogP contribution in [0.25, 0.3) is 0 Å². The lowest BCUT2D eigenvalue weighted by Gasteiger charge is -2.61. The summed E-state index contributed by atoms with van der Waals surface area (Å²) in [5.41, 5.74) is 1.28. The first-order valence-electron chi connectivity index (χ1n) is 22.0. The topological polar surface area (TPSA) is 12.0 Å². The Kier molecular flexibility index (Phi) is 16.8. The molecule has 0 aromatic carbocycles. The molecule has 0 aliphatic heterocycles. The molecule has 4 aliphatic rings. The number of fused-ring (bicyclic) bond motifs is 5. The van der Waals surface area contributed by atoms with E-state index in [0.29, 0.717) is 10.8 Å².